The monoisotopic (exact) mass is 209 g/mol. The topological polar surface area (TPSA) is 29.9 Å². The van der Waals surface area contributed by atoms with Crippen LogP contribution >= 0.6 is 0 Å². The molecule has 0 radical (unpaired) electrons. The van der Waals surface area contributed by atoms with Crippen molar-refractivity contribution < 1.29 is 0 Å². The largest absolute Gasteiger partial charge is 0.312 e. The van der Waals surface area contributed by atoms with Gasteiger partial charge in [-0.15, -0.1) is 0 Å². The second-order valence-corrected chi connectivity index (χ2v) is 4.81. The van der Waals surface area contributed by atoms with Gasteiger partial charge in [0.15, 0.2) is 0 Å². The van der Waals surface area contributed by atoms with Crippen LogP contribution in [0.4, 0.5) is 0 Å². The Morgan fingerprint density at radius 3 is 2.40 bits per heavy atom. The molecule has 86 valence electrons. The van der Waals surface area contributed by atoms with E-state index in [1.54, 1.807) is 0 Å². The van der Waals surface area contributed by atoms with Crippen molar-refractivity contribution in [3.8, 4) is 0 Å². The quantitative estimate of drug-likeness (QED) is 0.807. The van der Waals surface area contributed by atoms with E-state index in [2.05, 4.69) is 55.1 Å². The molecule has 1 aromatic heterocycles. The van der Waals surface area contributed by atoms with Crippen molar-refractivity contribution >= 4 is 0 Å². The molecular weight excluding hydrogens is 186 g/mol. The maximum Gasteiger partial charge on any atom is 0.0666 e. The average Bonchev–Trinajstić information content (AvgIpc) is 2.51. The third kappa shape index (κ3) is 3.67. The lowest BCUT2D eigenvalue weighted by Gasteiger charge is -2.23. The minimum Gasteiger partial charge on any atom is -0.312 e. The Morgan fingerprint density at radius 2 is 2.00 bits per heavy atom. The number of hydrogen-bond acceptors (Lipinski definition) is 2. The first kappa shape index (κ1) is 12.2. The maximum atomic E-state index is 4.49. The van der Waals surface area contributed by atoms with Crippen LogP contribution in [0.2, 0.25) is 0 Å². The van der Waals surface area contributed by atoms with Crippen LogP contribution in [-0.2, 0) is 0 Å². The summed E-state index contributed by atoms with van der Waals surface area (Å²) in [6.07, 6.45) is 2.07. The van der Waals surface area contributed by atoms with Crippen molar-refractivity contribution in [2.75, 3.05) is 6.54 Å². The van der Waals surface area contributed by atoms with Crippen LogP contribution in [0, 0.1) is 12.8 Å². The van der Waals surface area contributed by atoms with Gasteiger partial charge in [-0.05, 0) is 18.9 Å². The van der Waals surface area contributed by atoms with E-state index in [-0.39, 0.29) is 0 Å². The molecule has 1 N–H and O–H groups in total. The van der Waals surface area contributed by atoms with Crippen LogP contribution in [-0.4, -0.2) is 22.4 Å². The van der Waals surface area contributed by atoms with Gasteiger partial charge in [-0.1, -0.05) is 27.7 Å². The van der Waals surface area contributed by atoms with Gasteiger partial charge >= 0.3 is 0 Å². The first-order chi connectivity index (χ1) is 7.00. The summed E-state index contributed by atoms with van der Waals surface area (Å²) >= 11 is 0. The van der Waals surface area contributed by atoms with Gasteiger partial charge in [0, 0.05) is 18.8 Å². The van der Waals surface area contributed by atoms with Gasteiger partial charge in [-0.25, -0.2) is 0 Å². The molecule has 1 aromatic rings. The first-order valence-corrected chi connectivity index (χ1v) is 5.76. The minimum absolute atomic E-state index is 0.445. The molecule has 0 fully saturated rings. The number of aryl methyl sites for hydroxylation is 1. The molecular formula is C12H23N3. The summed E-state index contributed by atoms with van der Waals surface area (Å²) < 4.78 is 2.08. The Hall–Kier alpha value is -0.830. The maximum absolute atomic E-state index is 4.49. The predicted octanol–water partition coefficient (Wildman–Crippen LogP) is 2.39. The fraction of sp³-hybridized carbons (Fsp3) is 0.750. The lowest BCUT2D eigenvalue weighted by Crippen LogP contribution is -2.33. The van der Waals surface area contributed by atoms with Gasteiger partial charge in [0.25, 0.3) is 0 Å². The van der Waals surface area contributed by atoms with Crippen molar-refractivity contribution in [2.24, 2.45) is 5.92 Å². The van der Waals surface area contributed by atoms with Gasteiger partial charge in [0.1, 0.15) is 0 Å². The first-order valence-electron chi connectivity index (χ1n) is 5.76. The molecule has 1 heterocycles. The normalized spacial score (nSPS) is 13.8. The van der Waals surface area contributed by atoms with Crippen molar-refractivity contribution in [3.63, 3.8) is 0 Å². The van der Waals surface area contributed by atoms with Crippen LogP contribution in [0.5, 0.6) is 0 Å². The summed E-state index contributed by atoms with van der Waals surface area (Å²) in [6, 6.07) is 3.04. The van der Waals surface area contributed by atoms with Crippen molar-refractivity contribution in [1.29, 1.82) is 0 Å². The molecule has 3 heteroatoms. The summed E-state index contributed by atoms with van der Waals surface area (Å²) in [5.41, 5.74) is 1.09. The Labute approximate surface area is 92.9 Å². The van der Waals surface area contributed by atoms with E-state index in [0.29, 0.717) is 18.0 Å². The molecule has 0 spiro atoms. The van der Waals surface area contributed by atoms with E-state index in [9.17, 15) is 0 Å². The molecule has 15 heavy (non-hydrogen) atoms. The smallest absolute Gasteiger partial charge is 0.0666 e. The summed E-state index contributed by atoms with van der Waals surface area (Å²) in [7, 11) is 0. The Kier molecular flexibility index (Phi) is 4.33. The Bertz CT molecular complexity index is 289. The van der Waals surface area contributed by atoms with E-state index in [4.69, 9.17) is 0 Å². The number of nitrogens with one attached hydrogen (secondary N) is 1. The number of rotatable bonds is 5. The van der Waals surface area contributed by atoms with E-state index in [1.165, 1.54) is 0 Å². The van der Waals surface area contributed by atoms with E-state index >= 15 is 0 Å². The molecule has 1 rings (SSSR count). The molecule has 0 aliphatic heterocycles. The van der Waals surface area contributed by atoms with E-state index in [0.717, 1.165) is 12.2 Å². The summed E-state index contributed by atoms with van der Waals surface area (Å²) in [4.78, 5) is 0. The highest BCUT2D eigenvalue weighted by atomic mass is 15.3. The third-order valence-electron chi connectivity index (χ3n) is 2.59. The molecule has 0 amide bonds. The second kappa shape index (κ2) is 5.31. The van der Waals surface area contributed by atoms with Crippen LogP contribution in [0.15, 0.2) is 12.3 Å². The molecule has 3 nitrogen and oxygen atoms in total. The molecule has 0 saturated heterocycles. The molecule has 0 bridgehead atoms. The SMILES string of the molecule is Cc1ccn(C(CNC(C)C)C(C)C)n1. The highest BCUT2D eigenvalue weighted by Crippen LogP contribution is 2.16. The van der Waals surface area contributed by atoms with Gasteiger partial charge in [0.05, 0.1) is 11.7 Å². The zero-order valence-corrected chi connectivity index (χ0v) is 10.5. The lowest BCUT2D eigenvalue weighted by atomic mass is 10.0. The van der Waals surface area contributed by atoms with Crippen molar-refractivity contribution in [2.45, 2.75) is 46.7 Å². The molecule has 0 aliphatic rings. The van der Waals surface area contributed by atoms with Crippen LogP contribution in [0.25, 0.3) is 0 Å². The van der Waals surface area contributed by atoms with Gasteiger partial charge in [0.2, 0.25) is 0 Å². The summed E-state index contributed by atoms with van der Waals surface area (Å²) in [5, 5.41) is 7.96. The summed E-state index contributed by atoms with van der Waals surface area (Å²) in [5.74, 6) is 0.593. The molecule has 0 saturated carbocycles. The number of hydrogen-bond donors (Lipinski definition) is 1. The third-order valence-corrected chi connectivity index (χ3v) is 2.59. The molecule has 0 aromatic carbocycles. The lowest BCUT2D eigenvalue weighted by molar-refractivity contribution is 0.321. The molecule has 1 atom stereocenters. The summed E-state index contributed by atoms with van der Waals surface area (Å²) in [6.45, 7) is 11.8. The Morgan fingerprint density at radius 1 is 1.33 bits per heavy atom. The zero-order valence-electron chi connectivity index (χ0n) is 10.5. The zero-order chi connectivity index (χ0) is 11.4. The average molecular weight is 209 g/mol. The number of aromatic nitrogens is 2. The van der Waals surface area contributed by atoms with Gasteiger partial charge < -0.3 is 5.32 Å². The highest BCUT2D eigenvalue weighted by molar-refractivity contribution is 4.96. The second-order valence-electron chi connectivity index (χ2n) is 4.81. The fourth-order valence-corrected chi connectivity index (χ4v) is 1.61. The molecule has 1 unspecified atom stereocenters. The number of nitrogens with zero attached hydrogens (tertiary/aromatic N) is 2. The van der Waals surface area contributed by atoms with Crippen molar-refractivity contribution in [3.05, 3.63) is 18.0 Å². The standard InChI is InChI=1S/C12H23N3/c1-9(2)12(8-13-10(3)4)15-7-6-11(5)14-15/h6-7,9-10,12-13H,8H2,1-5H3. The van der Waals surface area contributed by atoms with Gasteiger partial charge in [-0.3, -0.25) is 4.68 Å². The van der Waals surface area contributed by atoms with Crippen LogP contribution in [0.1, 0.15) is 39.4 Å². The van der Waals surface area contributed by atoms with Crippen LogP contribution in [0.3, 0.4) is 0 Å². The van der Waals surface area contributed by atoms with Gasteiger partial charge in [-0.2, -0.15) is 5.10 Å². The molecule has 0 aliphatic carbocycles. The Balaban J connectivity index is 2.66. The van der Waals surface area contributed by atoms with Crippen molar-refractivity contribution in [1.82, 2.24) is 15.1 Å². The predicted molar refractivity (Wildman–Crippen MR) is 64.0 cm³/mol. The van der Waals surface area contributed by atoms with Crippen LogP contribution < -0.4 is 5.32 Å². The highest BCUT2D eigenvalue weighted by Gasteiger charge is 2.16. The van der Waals surface area contributed by atoms with E-state index in [1.807, 2.05) is 6.92 Å². The minimum atomic E-state index is 0.445. The van der Waals surface area contributed by atoms with E-state index < -0.39 is 0 Å². The fourth-order valence-electron chi connectivity index (χ4n) is 1.61.